The molecule has 53 heavy (non-hydrogen) atoms. The highest BCUT2D eigenvalue weighted by Gasteiger charge is 2.19. The van der Waals surface area contributed by atoms with Gasteiger partial charge in [0.05, 0.1) is 0 Å². The molecule has 0 amide bonds. The van der Waals surface area contributed by atoms with Gasteiger partial charge in [-0.15, -0.1) is 0 Å². The molecule has 0 bridgehead atoms. The number of hydrogen-bond acceptors (Lipinski definition) is 4. The van der Waals surface area contributed by atoms with Gasteiger partial charge in [-0.05, 0) is 90.6 Å². The third-order valence-corrected chi connectivity index (χ3v) is 10.5. The fourth-order valence-corrected chi connectivity index (χ4v) is 8.03. The lowest BCUT2D eigenvalue weighted by Crippen LogP contribution is -2.01. The summed E-state index contributed by atoms with van der Waals surface area (Å²) in [4.78, 5) is 15.4. The summed E-state index contributed by atoms with van der Waals surface area (Å²) in [5.74, 6) is 1.87. The zero-order valence-corrected chi connectivity index (χ0v) is 28.5. The summed E-state index contributed by atoms with van der Waals surface area (Å²) in [7, 11) is 0. The molecule has 9 aromatic carbocycles. The Morgan fingerprint density at radius 3 is 1.74 bits per heavy atom. The van der Waals surface area contributed by atoms with Gasteiger partial charge in [0.15, 0.2) is 17.5 Å². The second kappa shape index (κ2) is 11.7. The number of para-hydroxylation sites is 1. The standard InChI is InChI=1S/C49H29N3O/c1-2-13-31(14-3-1)47-50-48(33-23-27-45-43(29-33)38-20-10-11-21-44(38)53-45)52-49(51-47)41-26-25-39(36-18-8-9-19-37(36)41)46-35-17-7-5-15-32(35)28-42-34-16-6-4-12-30(34)22-24-40(42)46/h1-29H. The van der Waals surface area contributed by atoms with Crippen molar-refractivity contribution in [2.24, 2.45) is 0 Å². The number of hydrogen-bond donors (Lipinski definition) is 0. The van der Waals surface area contributed by atoms with Crippen molar-refractivity contribution in [1.29, 1.82) is 0 Å². The molecule has 0 N–H and O–H groups in total. The Labute approximate surface area is 304 Å². The van der Waals surface area contributed by atoms with E-state index in [1.807, 2.05) is 60.7 Å². The van der Waals surface area contributed by atoms with Crippen molar-refractivity contribution in [1.82, 2.24) is 15.0 Å². The maximum atomic E-state index is 6.15. The van der Waals surface area contributed by atoms with Gasteiger partial charge in [-0.3, -0.25) is 0 Å². The normalized spacial score (nSPS) is 11.8. The molecule has 0 atom stereocenters. The highest BCUT2D eigenvalue weighted by atomic mass is 16.3. The highest BCUT2D eigenvalue weighted by Crippen LogP contribution is 2.43. The largest absolute Gasteiger partial charge is 0.456 e. The predicted molar refractivity (Wildman–Crippen MR) is 219 cm³/mol. The maximum absolute atomic E-state index is 6.15. The molecule has 0 aliphatic heterocycles. The summed E-state index contributed by atoms with van der Waals surface area (Å²) >= 11 is 0. The molecule has 4 heteroatoms. The van der Waals surface area contributed by atoms with E-state index in [1.165, 1.54) is 43.4 Å². The minimum atomic E-state index is 0.612. The fraction of sp³-hybridized carbons (Fsp3) is 0. The number of aromatic nitrogens is 3. The number of furan rings is 1. The Kier molecular flexibility index (Phi) is 6.52. The quantitative estimate of drug-likeness (QED) is 0.138. The van der Waals surface area contributed by atoms with Crippen LogP contribution in [0.5, 0.6) is 0 Å². The van der Waals surface area contributed by atoms with Crippen molar-refractivity contribution >= 4 is 65.0 Å². The smallest absolute Gasteiger partial charge is 0.164 e. The molecule has 4 nitrogen and oxygen atoms in total. The summed E-state index contributed by atoms with van der Waals surface area (Å²) in [6.45, 7) is 0. The summed E-state index contributed by atoms with van der Waals surface area (Å²) in [5.41, 5.74) is 6.89. The first-order valence-corrected chi connectivity index (χ1v) is 17.9. The van der Waals surface area contributed by atoms with E-state index in [0.29, 0.717) is 17.5 Å². The predicted octanol–water partition coefficient (Wildman–Crippen LogP) is 13.1. The molecule has 0 fully saturated rings. The van der Waals surface area contributed by atoms with E-state index in [0.717, 1.165) is 49.4 Å². The van der Waals surface area contributed by atoms with Gasteiger partial charge in [-0.1, -0.05) is 140 Å². The fourth-order valence-electron chi connectivity index (χ4n) is 8.03. The van der Waals surface area contributed by atoms with Crippen LogP contribution in [0.1, 0.15) is 0 Å². The summed E-state index contributed by atoms with van der Waals surface area (Å²) in [6, 6.07) is 61.8. The molecule has 0 spiro atoms. The van der Waals surface area contributed by atoms with Crippen LogP contribution in [0, 0.1) is 0 Å². The first kappa shape index (κ1) is 29.5. The van der Waals surface area contributed by atoms with E-state index < -0.39 is 0 Å². The Hall–Kier alpha value is -7.17. The van der Waals surface area contributed by atoms with Gasteiger partial charge in [0.2, 0.25) is 0 Å². The van der Waals surface area contributed by atoms with Crippen molar-refractivity contribution in [3.63, 3.8) is 0 Å². The van der Waals surface area contributed by atoms with Crippen LogP contribution in [0.2, 0.25) is 0 Å². The zero-order valence-electron chi connectivity index (χ0n) is 28.5. The Morgan fingerprint density at radius 1 is 0.302 bits per heavy atom. The van der Waals surface area contributed by atoms with E-state index in [-0.39, 0.29) is 0 Å². The molecule has 2 aromatic heterocycles. The number of benzene rings is 9. The topological polar surface area (TPSA) is 51.8 Å². The van der Waals surface area contributed by atoms with E-state index in [2.05, 4.69) is 115 Å². The first-order valence-electron chi connectivity index (χ1n) is 17.9. The molecule has 11 rings (SSSR count). The van der Waals surface area contributed by atoms with Crippen LogP contribution in [0.4, 0.5) is 0 Å². The Balaban J connectivity index is 1.16. The van der Waals surface area contributed by atoms with E-state index in [4.69, 9.17) is 19.4 Å². The second-order valence-corrected chi connectivity index (χ2v) is 13.5. The van der Waals surface area contributed by atoms with Crippen LogP contribution in [0.15, 0.2) is 180 Å². The Morgan fingerprint density at radius 2 is 0.906 bits per heavy atom. The molecule has 0 saturated heterocycles. The number of nitrogens with zero attached hydrogens (tertiary/aromatic N) is 3. The molecule has 11 aromatic rings. The van der Waals surface area contributed by atoms with Gasteiger partial charge < -0.3 is 4.42 Å². The highest BCUT2D eigenvalue weighted by molar-refractivity contribution is 6.23. The van der Waals surface area contributed by atoms with Crippen LogP contribution >= 0.6 is 0 Å². The van der Waals surface area contributed by atoms with Gasteiger partial charge in [0.1, 0.15) is 11.2 Å². The summed E-state index contributed by atoms with van der Waals surface area (Å²) in [5, 5.41) is 11.7. The van der Waals surface area contributed by atoms with Crippen LogP contribution in [-0.4, -0.2) is 15.0 Å². The average Bonchev–Trinajstić information content (AvgIpc) is 3.61. The lowest BCUT2D eigenvalue weighted by molar-refractivity contribution is 0.669. The van der Waals surface area contributed by atoms with Gasteiger partial charge in [0.25, 0.3) is 0 Å². The summed E-state index contributed by atoms with van der Waals surface area (Å²) in [6.07, 6.45) is 0. The molecule has 246 valence electrons. The minimum Gasteiger partial charge on any atom is -0.456 e. The SMILES string of the molecule is c1ccc(-c2nc(-c3ccc4oc5ccccc5c4c3)nc(-c3ccc(-c4c5ccccc5cc5c4ccc4ccccc45)c4ccccc34)n2)cc1. The van der Waals surface area contributed by atoms with Crippen LogP contribution in [-0.2, 0) is 0 Å². The number of fused-ring (bicyclic) bond motifs is 8. The average molecular weight is 676 g/mol. The molecule has 2 heterocycles. The van der Waals surface area contributed by atoms with Crippen LogP contribution < -0.4 is 0 Å². The van der Waals surface area contributed by atoms with Crippen molar-refractivity contribution in [2.75, 3.05) is 0 Å². The molecular weight excluding hydrogens is 647 g/mol. The molecule has 0 saturated carbocycles. The van der Waals surface area contributed by atoms with Crippen LogP contribution in [0.3, 0.4) is 0 Å². The lowest BCUT2D eigenvalue weighted by atomic mass is 9.87. The minimum absolute atomic E-state index is 0.612. The van der Waals surface area contributed by atoms with Gasteiger partial charge in [-0.25, -0.2) is 15.0 Å². The van der Waals surface area contributed by atoms with E-state index >= 15 is 0 Å². The summed E-state index contributed by atoms with van der Waals surface area (Å²) < 4.78 is 6.15. The molecule has 0 unspecified atom stereocenters. The van der Waals surface area contributed by atoms with Crippen LogP contribution in [0.25, 0.3) is 110 Å². The Bertz CT molecular complexity index is 3240. The second-order valence-electron chi connectivity index (χ2n) is 13.5. The molecular formula is C49H29N3O. The van der Waals surface area contributed by atoms with Crippen molar-refractivity contribution < 1.29 is 4.42 Å². The lowest BCUT2D eigenvalue weighted by Gasteiger charge is -2.17. The monoisotopic (exact) mass is 675 g/mol. The van der Waals surface area contributed by atoms with E-state index in [9.17, 15) is 0 Å². The third kappa shape index (κ3) is 4.73. The molecule has 0 radical (unpaired) electrons. The third-order valence-electron chi connectivity index (χ3n) is 10.5. The zero-order chi connectivity index (χ0) is 34.9. The van der Waals surface area contributed by atoms with E-state index in [1.54, 1.807) is 0 Å². The molecule has 0 aliphatic rings. The van der Waals surface area contributed by atoms with Crippen molar-refractivity contribution in [3.8, 4) is 45.3 Å². The number of rotatable bonds is 4. The van der Waals surface area contributed by atoms with Crippen molar-refractivity contribution in [3.05, 3.63) is 176 Å². The molecule has 0 aliphatic carbocycles. The van der Waals surface area contributed by atoms with Gasteiger partial charge in [-0.2, -0.15) is 0 Å². The van der Waals surface area contributed by atoms with Gasteiger partial charge in [0, 0.05) is 27.5 Å². The van der Waals surface area contributed by atoms with Crippen molar-refractivity contribution in [2.45, 2.75) is 0 Å². The first-order chi connectivity index (χ1) is 26.3. The maximum Gasteiger partial charge on any atom is 0.164 e. The van der Waals surface area contributed by atoms with Gasteiger partial charge >= 0.3 is 0 Å².